The minimum atomic E-state index is -0.671. The third-order valence-corrected chi connectivity index (χ3v) is 7.84. The Hall–Kier alpha value is -1.10. The molecule has 0 aromatic carbocycles. The molecular formula is C34H66O5. The molecule has 0 heterocycles. The van der Waals surface area contributed by atoms with Gasteiger partial charge in [0, 0.05) is 19.4 Å². The van der Waals surface area contributed by atoms with E-state index < -0.39 is 5.97 Å². The predicted molar refractivity (Wildman–Crippen MR) is 164 cm³/mol. The van der Waals surface area contributed by atoms with Gasteiger partial charge in [-0.3, -0.25) is 9.59 Å². The fourth-order valence-electron chi connectivity index (χ4n) is 5.26. The normalized spacial score (nSPS) is 11.2. The van der Waals surface area contributed by atoms with Gasteiger partial charge < -0.3 is 14.9 Å². The van der Waals surface area contributed by atoms with Crippen molar-refractivity contribution in [1.29, 1.82) is 0 Å². The van der Waals surface area contributed by atoms with Gasteiger partial charge in [0.25, 0.3) is 0 Å². The molecule has 0 radical (unpaired) electrons. The average Bonchev–Trinajstić information content (AvgIpc) is 2.92. The number of carboxylic acid groups (broad SMARTS) is 1. The number of hydrogen-bond donors (Lipinski definition) is 2. The topological polar surface area (TPSA) is 83.8 Å². The van der Waals surface area contributed by atoms with Crippen molar-refractivity contribution in [1.82, 2.24) is 0 Å². The Morgan fingerprint density at radius 2 is 0.667 bits per heavy atom. The fraction of sp³-hybridized carbons (Fsp3) is 0.941. The second-order valence-electron chi connectivity index (χ2n) is 11.7. The molecule has 5 nitrogen and oxygen atoms in total. The van der Waals surface area contributed by atoms with Crippen LogP contribution in [0, 0.1) is 0 Å². The minimum absolute atomic E-state index is 0.00776. The monoisotopic (exact) mass is 554 g/mol. The van der Waals surface area contributed by atoms with Crippen molar-refractivity contribution < 1.29 is 24.5 Å². The Labute approximate surface area is 242 Å². The number of ether oxygens (including phenoxy) is 1. The third-order valence-electron chi connectivity index (χ3n) is 7.84. The molecule has 2 N–H and O–H groups in total. The first kappa shape index (κ1) is 37.9. The molecule has 0 atom stereocenters. The average molecular weight is 555 g/mol. The molecule has 0 aromatic heterocycles. The molecule has 0 aliphatic rings. The summed E-state index contributed by atoms with van der Waals surface area (Å²) in [5, 5.41) is 17.4. The number of unbranched alkanes of at least 4 members (excludes halogenated alkanes) is 26. The predicted octanol–water partition coefficient (Wildman–Crippen LogP) is 10.3. The lowest BCUT2D eigenvalue weighted by atomic mass is 10.0. The maximum atomic E-state index is 11.9. The number of aliphatic hydroxyl groups is 1. The molecule has 0 bridgehead atoms. The number of aliphatic hydroxyl groups excluding tert-OH is 1. The van der Waals surface area contributed by atoms with Gasteiger partial charge in [-0.05, 0) is 25.7 Å². The van der Waals surface area contributed by atoms with Crippen molar-refractivity contribution >= 4 is 11.9 Å². The van der Waals surface area contributed by atoms with Gasteiger partial charge in [-0.1, -0.05) is 154 Å². The lowest BCUT2D eigenvalue weighted by Gasteiger charge is -2.06. The van der Waals surface area contributed by atoms with Crippen LogP contribution in [-0.4, -0.2) is 35.4 Å². The molecular weight excluding hydrogens is 488 g/mol. The van der Waals surface area contributed by atoms with Crippen LogP contribution in [0.4, 0.5) is 0 Å². The summed E-state index contributed by atoms with van der Waals surface area (Å²) in [6.07, 6.45) is 35.4. The highest BCUT2D eigenvalue weighted by Gasteiger charge is 2.03. The Morgan fingerprint density at radius 1 is 0.385 bits per heavy atom. The second kappa shape index (κ2) is 33.1. The van der Waals surface area contributed by atoms with Crippen molar-refractivity contribution in [2.75, 3.05) is 13.2 Å². The standard InChI is InChI=1S/C34H66O5/c35-31-27-23-19-15-11-7-3-1-6-10-14-18-22-26-30-34(38)39-32-28-24-20-16-12-8-4-2-5-9-13-17-21-25-29-33(36)37/h35H,1-32H2,(H,36,37). The summed E-state index contributed by atoms with van der Waals surface area (Å²) in [4.78, 5) is 22.4. The Morgan fingerprint density at radius 3 is 1.00 bits per heavy atom. The van der Waals surface area contributed by atoms with Crippen LogP contribution in [0.15, 0.2) is 0 Å². The molecule has 0 fully saturated rings. The van der Waals surface area contributed by atoms with Crippen molar-refractivity contribution in [2.45, 2.75) is 193 Å². The minimum Gasteiger partial charge on any atom is -0.481 e. The number of aliphatic carboxylic acids is 1. The van der Waals surface area contributed by atoms with E-state index in [0.717, 1.165) is 38.5 Å². The number of carbonyl (C=O) groups is 2. The Kier molecular flexibility index (Phi) is 32.2. The van der Waals surface area contributed by atoms with Gasteiger partial charge in [-0.15, -0.1) is 0 Å². The highest BCUT2D eigenvalue weighted by atomic mass is 16.5. The molecule has 0 unspecified atom stereocenters. The zero-order valence-electron chi connectivity index (χ0n) is 25.7. The molecule has 39 heavy (non-hydrogen) atoms. The molecule has 0 spiro atoms. The van der Waals surface area contributed by atoms with Crippen LogP contribution in [0.1, 0.15) is 193 Å². The van der Waals surface area contributed by atoms with Crippen LogP contribution >= 0.6 is 0 Å². The lowest BCUT2D eigenvalue weighted by molar-refractivity contribution is -0.144. The number of hydrogen-bond acceptors (Lipinski definition) is 4. The van der Waals surface area contributed by atoms with Crippen molar-refractivity contribution in [2.24, 2.45) is 0 Å². The maximum Gasteiger partial charge on any atom is 0.305 e. The molecule has 0 saturated carbocycles. The summed E-state index contributed by atoms with van der Waals surface area (Å²) in [5.41, 5.74) is 0. The van der Waals surface area contributed by atoms with E-state index in [2.05, 4.69) is 0 Å². The summed E-state index contributed by atoms with van der Waals surface area (Å²) in [5.74, 6) is -0.678. The lowest BCUT2D eigenvalue weighted by Crippen LogP contribution is -2.05. The second-order valence-corrected chi connectivity index (χ2v) is 11.7. The van der Waals surface area contributed by atoms with E-state index in [1.807, 2.05) is 0 Å². The van der Waals surface area contributed by atoms with Crippen molar-refractivity contribution in [3.63, 3.8) is 0 Å². The first-order chi connectivity index (χ1) is 19.2. The van der Waals surface area contributed by atoms with E-state index in [1.165, 1.54) is 141 Å². The Balaban J connectivity index is 3.15. The van der Waals surface area contributed by atoms with Crippen LogP contribution in [-0.2, 0) is 14.3 Å². The SMILES string of the molecule is O=C(O)CCCCCCCCCCCCCCCCOC(=O)CCCCCCCCCCCCCCCCO. The first-order valence-electron chi connectivity index (χ1n) is 17.1. The highest BCUT2D eigenvalue weighted by Crippen LogP contribution is 2.15. The smallest absolute Gasteiger partial charge is 0.305 e. The molecule has 0 rings (SSSR count). The molecule has 5 heteroatoms. The zero-order valence-corrected chi connectivity index (χ0v) is 25.7. The fourth-order valence-corrected chi connectivity index (χ4v) is 5.26. The van der Waals surface area contributed by atoms with Crippen LogP contribution in [0.3, 0.4) is 0 Å². The van der Waals surface area contributed by atoms with Crippen LogP contribution in [0.2, 0.25) is 0 Å². The molecule has 0 aliphatic carbocycles. The number of rotatable bonds is 33. The summed E-state index contributed by atoms with van der Waals surface area (Å²) < 4.78 is 5.41. The molecule has 0 aliphatic heterocycles. The summed E-state index contributed by atoms with van der Waals surface area (Å²) in [7, 11) is 0. The summed E-state index contributed by atoms with van der Waals surface area (Å²) >= 11 is 0. The largest absolute Gasteiger partial charge is 0.481 e. The van der Waals surface area contributed by atoms with Gasteiger partial charge in [0.05, 0.1) is 6.61 Å². The van der Waals surface area contributed by atoms with E-state index in [1.54, 1.807) is 0 Å². The number of carbonyl (C=O) groups excluding carboxylic acids is 1. The van der Waals surface area contributed by atoms with Crippen molar-refractivity contribution in [3.05, 3.63) is 0 Å². The van der Waals surface area contributed by atoms with Crippen LogP contribution in [0.5, 0.6) is 0 Å². The summed E-state index contributed by atoms with van der Waals surface area (Å²) in [6, 6.07) is 0. The summed E-state index contributed by atoms with van der Waals surface area (Å²) in [6.45, 7) is 0.938. The highest BCUT2D eigenvalue weighted by molar-refractivity contribution is 5.69. The van der Waals surface area contributed by atoms with Gasteiger partial charge in [-0.25, -0.2) is 0 Å². The van der Waals surface area contributed by atoms with Crippen LogP contribution in [0.25, 0.3) is 0 Å². The first-order valence-corrected chi connectivity index (χ1v) is 17.1. The number of carboxylic acids is 1. The van der Waals surface area contributed by atoms with E-state index >= 15 is 0 Å². The van der Waals surface area contributed by atoms with E-state index in [4.69, 9.17) is 14.9 Å². The maximum absolute atomic E-state index is 11.9. The molecule has 0 amide bonds. The van der Waals surface area contributed by atoms with Gasteiger partial charge in [0.15, 0.2) is 0 Å². The van der Waals surface area contributed by atoms with Crippen molar-refractivity contribution in [3.8, 4) is 0 Å². The zero-order chi connectivity index (χ0) is 28.5. The van der Waals surface area contributed by atoms with Gasteiger partial charge in [0.1, 0.15) is 0 Å². The molecule has 0 saturated heterocycles. The van der Waals surface area contributed by atoms with E-state index in [-0.39, 0.29) is 5.97 Å². The molecule has 232 valence electrons. The van der Waals surface area contributed by atoms with E-state index in [9.17, 15) is 9.59 Å². The van der Waals surface area contributed by atoms with Gasteiger partial charge in [-0.2, -0.15) is 0 Å². The van der Waals surface area contributed by atoms with Gasteiger partial charge >= 0.3 is 11.9 Å². The van der Waals surface area contributed by atoms with E-state index in [0.29, 0.717) is 26.1 Å². The van der Waals surface area contributed by atoms with Crippen LogP contribution < -0.4 is 0 Å². The van der Waals surface area contributed by atoms with Gasteiger partial charge in [0.2, 0.25) is 0 Å². The molecule has 0 aromatic rings. The third kappa shape index (κ3) is 34.9. The Bertz CT molecular complexity index is 508. The number of esters is 1. The quantitative estimate of drug-likeness (QED) is 0.0622.